The van der Waals surface area contributed by atoms with E-state index in [1.807, 2.05) is 0 Å². The lowest BCUT2D eigenvalue weighted by Gasteiger charge is -2.09. The molecule has 158 valence electrons. The predicted octanol–water partition coefficient (Wildman–Crippen LogP) is 4.70. The number of aromatic nitrogens is 4. The highest BCUT2D eigenvalue weighted by atomic mass is 32.2. The Hall–Kier alpha value is -3.47. The normalized spacial score (nSPS) is 11.6. The maximum Gasteiger partial charge on any atom is 0.416 e. The van der Waals surface area contributed by atoms with Gasteiger partial charge in [-0.05, 0) is 48.5 Å². The predicted molar refractivity (Wildman–Crippen MR) is 107 cm³/mol. The second kappa shape index (κ2) is 8.34. The summed E-state index contributed by atoms with van der Waals surface area (Å²) in [5, 5.41) is 7.94. The summed E-state index contributed by atoms with van der Waals surface area (Å²) < 4.78 is 52.6. The molecule has 6 nitrogen and oxygen atoms in total. The molecule has 4 aromatic rings. The molecule has 11 heteroatoms. The summed E-state index contributed by atoms with van der Waals surface area (Å²) in [4.78, 5) is 20.6. The number of anilines is 1. The van der Waals surface area contributed by atoms with Gasteiger partial charge in [-0.15, -0.1) is 0 Å². The molecule has 0 bridgehead atoms. The van der Waals surface area contributed by atoms with Crippen molar-refractivity contribution in [2.24, 2.45) is 0 Å². The molecule has 0 aliphatic heterocycles. The van der Waals surface area contributed by atoms with Gasteiger partial charge in [0.15, 0.2) is 5.65 Å². The first-order valence-electron chi connectivity index (χ1n) is 8.86. The fourth-order valence-corrected chi connectivity index (χ4v) is 3.54. The lowest BCUT2D eigenvalue weighted by Crippen LogP contribution is -2.14. The van der Waals surface area contributed by atoms with Crippen LogP contribution in [0.2, 0.25) is 0 Å². The third kappa shape index (κ3) is 4.66. The quantitative estimate of drug-likeness (QED) is 0.273. The smallest absolute Gasteiger partial charge is 0.325 e. The van der Waals surface area contributed by atoms with Crippen molar-refractivity contribution >= 4 is 34.4 Å². The second-order valence-electron chi connectivity index (χ2n) is 6.36. The number of amides is 1. The van der Waals surface area contributed by atoms with Crippen LogP contribution in [0.3, 0.4) is 0 Å². The number of thioether (sulfide) groups is 1. The topological polar surface area (TPSA) is 72.7 Å². The monoisotopic (exact) mass is 447 g/mol. The van der Waals surface area contributed by atoms with E-state index in [1.165, 1.54) is 35.3 Å². The van der Waals surface area contributed by atoms with E-state index in [1.54, 1.807) is 18.3 Å². The van der Waals surface area contributed by atoms with Gasteiger partial charge >= 0.3 is 6.18 Å². The zero-order valence-corrected chi connectivity index (χ0v) is 16.4. The number of benzene rings is 2. The van der Waals surface area contributed by atoms with E-state index in [-0.39, 0.29) is 17.3 Å². The molecule has 1 N–H and O–H groups in total. The molecule has 31 heavy (non-hydrogen) atoms. The van der Waals surface area contributed by atoms with Gasteiger partial charge in [-0.3, -0.25) is 4.79 Å². The molecule has 2 heterocycles. The molecule has 0 fully saturated rings. The largest absolute Gasteiger partial charge is 0.416 e. The number of alkyl halides is 3. The van der Waals surface area contributed by atoms with Crippen molar-refractivity contribution < 1.29 is 22.4 Å². The van der Waals surface area contributed by atoms with Crippen LogP contribution >= 0.6 is 11.8 Å². The average Bonchev–Trinajstić information content (AvgIpc) is 3.17. The van der Waals surface area contributed by atoms with Gasteiger partial charge in [0.05, 0.1) is 28.6 Å². The molecular formula is C20H13F4N5OS. The van der Waals surface area contributed by atoms with E-state index in [4.69, 9.17) is 0 Å². The number of nitrogens with one attached hydrogen (secondary N) is 1. The van der Waals surface area contributed by atoms with Crippen molar-refractivity contribution in [3.05, 3.63) is 72.4 Å². The molecule has 0 aliphatic rings. The molecular weight excluding hydrogens is 434 g/mol. The Morgan fingerprint density at radius 2 is 1.74 bits per heavy atom. The van der Waals surface area contributed by atoms with Crippen molar-refractivity contribution in [3.8, 4) is 5.69 Å². The van der Waals surface area contributed by atoms with Crippen LogP contribution in [-0.4, -0.2) is 31.4 Å². The van der Waals surface area contributed by atoms with E-state index < -0.39 is 17.6 Å². The minimum absolute atomic E-state index is 0.0190. The number of fused-ring (bicyclic) bond motifs is 1. The Kier molecular flexibility index (Phi) is 5.59. The van der Waals surface area contributed by atoms with E-state index in [0.717, 1.165) is 23.9 Å². The van der Waals surface area contributed by atoms with Gasteiger partial charge in [0.2, 0.25) is 5.91 Å². The molecule has 2 aromatic heterocycles. The lowest BCUT2D eigenvalue weighted by molar-refractivity contribution is -0.137. The first-order valence-corrected chi connectivity index (χ1v) is 9.84. The summed E-state index contributed by atoms with van der Waals surface area (Å²) in [5.41, 5.74) is 0.579. The third-order valence-corrected chi connectivity index (χ3v) is 5.24. The van der Waals surface area contributed by atoms with Crippen LogP contribution in [0.4, 0.5) is 23.2 Å². The second-order valence-corrected chi connectivity index (χ2v) is 7.32. The minimum Gasteiger partial charge on any atom is -0.325 e. The number of nitrogens with zero attached hydrogens (tertiary/aromatic N) is 4. The van der Waals surface area contributed by atoms with Crippen LogP contribution in [0, 0.1) is 5.82 Å². The van der Waals surface area contributed by atoms with Crippen LogP contribution in [0.1, 0.15) is 5.56 Å². The molecule has 2 aromatic carbocycles. The Bertz CT molecular complexity index is 1220. The van der Waals surface area contributed by atoms with E-state index in [0.29, 0.717) is 21.7 Å². The van der Waals surface area contributed by atoms with Gasteiger partial charge in [0.25, 0.3) is 0 Å². The fraction of sp³-hybridized carbons (Fsp3) is 0.100. The molecule has 0 atom stereocenters. The first kappa shape index (κ1) is 20.8. The Morgan fingerprint density at radius 3 is 2.42 bits per heavy atom. The van der Waals surface area contributed by atoms with Crippen LogP contribution < -0.4 is 5.32 Å². The number of rotatable bonds is 5. The summed E-state index contributed by atoms with van der Waals surface area (Å²) in [6, 6.07) is 9.95. The standard InChI is InChI=1S/C20H13F4N5OS/c21-13-3-7-15(8-4-13)29-18-16(9-27-29)19(26-11-25-18)31-10-17(30)28-14-5-1-12(2-6-14)20(22,23)24/h1-9,11H,10H2,(H,28,30). The summed E-state index contributed by atoms with van der Waals surface area (Å²) in [6.07, 6.45) is -1.55. The summed E-state index contributed by atoms with van der Waals surface area (Å²) in [6.45, 7) is 0. The molecule has 0 saturated heterocycles. The number of carbonyl (C=O) groups excluding carboxylic acids is 1. The van der Waals surface area contributed by atoms with Gasteiger partial charge in [-0.1, -0.05) is 11.8 Å². The minimum atomic E-state index is -4.44. The van der Waals surface area contributed by atoms with Gasteiger partial charge in [0.1, 0.15) is 17.2 Å². The van der Waals surface area contributed by atoms with Crippen molar-refractivity contribution in [2.75, 3.05) is 11.1 Å². The number of hydrogen-bond acceptors (Lipinski definition) is 5. The highest BCUT2D eigenvalue weighted by molar-refractivity contribution is 8.00. The van der Waals surface area contributed by atoms with Crippen LogP contribution in [0.25, 0.3) is 16.7 Å². The zero-order valence-electron chi connectivity index (χ0n) is 15.6. The molecule has 4 rings (SSSR count). The Labute approximate surface area is 177 Å². The SMILES string of the molecule is O=C(CSc1ncnc2c1cnn2-c1ccc(F)cc1)Nc1ccc(C(F)(F)F)cc1. The summed E-state index contributed by atoms with van der Waals surface area (Å²) in [5.74, 6) is -0.790. The molecule has 0 radical (unpaired) electrons. The maximum atomic E-state index is 13.2. The van der Waals surface area contributed by atoms with Gasteiger partial charge in [0, 0.05) is 5.69 Å². The van der Waals surface area contributed by atoms with Crippen molar-refractivity contribution in [1.29, 1.82) is 0 Å². The molecule has 0 unspecified atom stereocenters. The van der Waals surface area contributed by atoms with E-state index >= 15 is 0 Å². The average molecular weight is 447 g/mol. The molecule has 0 spiro atoms. The van der Waals surface area contributed by atoms with Crippen molar-refractivity contribution in [3.63, 3.8) is 0 Å². The third-order valence-electron chi connectivity index (χ3n) is 4.24. The Morgan fingerprint density at radius 1 is 1.03 bits per heavy atom. The fourth-order valence-electron chi connectivity index (χ4n) is 2.78. The van der Waals surface area contributed by atoms with Gasteiger partial charge in [-0.2, -0.15) is 18.3 Å². The summed E-state index contributed by atoms with van der Waals surface area (Å²) in [7, 11) is 0. The first-order chi connectivity index (χ1) is 14.8. The van der Waals surface area contributed by atoms with Crippen molar-refractivity contribution in [1.82, 2.24) is 19.7 Å². The van der Waals surface area contributed by atoms with Gasteiger partial charge in [-0.25, -0.2) is 19.0 Å². The number of carbonyl (C=O) groups is 1. The van der Waals surface area contributed by atoms with Crippen LogP contribution in [0.15, 0.2) is 66.1 Å². The molecule has 1 amide bonds. The Balaban J connectivity index is 1.45. The zero-order chi connectivity index (χ0) is 22.0. The van der Waals surface area contributed by atoms with Gasteiger partial charge < -0.3 is 5.32 Å². The van der Waals surface area contributed by atoms with Crippen molar-refractivity contribution in [2.45, 2.75) is 11.2 Å². The van der Waals surface area contributed by atoms with Crippen LogP contribution in [-0.2, 0) is 11.0 Å². The lowest BCUT2D eigenvalue weighted by atomic mass is 10.2. The van der Waals surface area contributed by atoms with E-state index in [2.05, 4.69) is 20.4 Å². The highest BCUT2D eigenvalue weighted by Crippen LogP contribution is 2.30. The number of hydrogen-bond donors (Lipinski definition) is 1. The van der Waals surface area contributed by atoms with Crippen LogP contribution in [0.5, 0.6) is 0 Å². The summed E-state index contributed by atoms with van der Waals surface area (Å²) >= 11 is 1.14. The molecule has 0 aliphatic carbocycles. The molecule has 0 saturated carbocycles. The number of halogens is 4. The van der Waals surface area contributed by atoms with E-state index in [9.17, 15) is 22.4 Å². The highest BCUT2D eigenvalue weighted by Gasteiger charge is 2.30. The maximum absolute atomic E-state index is 13.2.